The number of ether oxygens (including phenoxy) is 4. The number of carbonyl (C=O) groups excluding carboxylic acids is 3. The van der Waals surface area contributed by atoms with E-state index < -0.39 is 48.0 Å². The molecule has 10 nitrogen and oxygen atoms in total. The molecule has 0 saturated carbocycles. The van der Waals surface area contributed by atoms with Crippen molar-refractivity contribution in [3.8, 4) is 0 Å². The summed E-state index contributed by atoms with van der Waals surface area (Å²) in [4.78, 5) is 53.0. The Bertz CT molecular complexity index is 1850. The minimum Gasteiger partial charge on any atom is -0.459 e. The number of fused-ring (bicyclic) bond motifs is 1. The lowest BCUT2D eigenvalue weighted by Gasteiger charge is -2.24. The number of aryl methyl sites for hydroxylation is 1. The fourth-order valence-electron chi connectivity index (χ4n) is 5.01. The van der Waals surface area contributed by atoms with Crippen molar-refractivity contribution in [3.05, 3.63) is 142 Å². The average Bonchev–Trinajstić information content (AvgIpc) is 3.58. The minimum atomic E-state index is -1.37. The van der Waals surface area contributed by atoms with Gasteiger partial charge in [-0.3, -0.25) is 4.79 Å². The van der Waals surface area contributed by atoms with Gasteiger partial charge in [0.25, 0.3) is 5.56 Å². The predicted molar refractivity (Wildman–Crippen MR) is 157 cm³/mol. The Morgan fingerprint density at radius 2 is 1.20 bits per heavy atom. The quantitative estimate of drug-likeness (QED) is 0.178. The molecular formula is C34H27NO9. The van der Waals surface area contributed by atoms with Crippen LogP contribution >= 0.6 is 0 Å². The van der Waals surface area contributed by atoms with Crippen LogP contribution in [-0.4, -0.2) is 47.6 Å². The Morgan fingerprint density at radius 1 is 0.682 bits per heavy atom. The normalized spacial score (nSPS) is 19.4. The van der Waals surface area contributed by atoms with Gasteiger partial charge in [0.05, 0.1) is 22.1 Å². The molecule has 4 atom stereocenters. The van der Waals surface area contributed by atoms with Crippen molar-refractivity contribution in [2.75, 3.05) is 6.61 Å². The number of hydrogen-bond donors (Lipinski definition) is 0. The summed E-state index contributed by atoms with van der Waals surface area (Å²) in [6, 6.07) is 29.9. The highest BCUT2D eigenvalue weighted by molar-refractivity contribution is 5.91. The Hall–Kier alpha value is -5.48. The van der Waals surface area contributed by atoms with E-state index in [-0.39, 0.29) is 17.7 Å². The summed E-state index contributed by atoms with van der Waals surface area (Å²) in [5.41, 5.74) is 1.26. The van der Waals surface area contributed by atoms with E-state index >= 15 is 0 Å². The van der Waals surface area contributed by atoms with Crippen LogP contribution in [0.4, 0.5) is 0 Å². The molecule has 1 aliphatic heterocycles. The van der Waals surface area contributed by atoms with Gasteiger partial charge in [0, 0.05) is 0 Å². The van der Waals surface area contributed by atoms with Crippen LogP contribution in [0.5, 0.6) is 0 Å². The van der Waals surface area contributed by atoms with Crippen LogP contribution in [0.2, 0.25) is 0 Å². The van der Waals surface area contributed by atoms with E-state index in [1.54, 1.807) is 116 Å². The third-order valence-electron chi connectivity index (χ3n) is 7.24. The number of hydrogen-bond acceptors (Lipinski definition) is 9. The van der Waals surface area contributed by atoms with Crippen LogP contribution in [-0.2, 0) is 18.9 Å². The van der Waals surface area contributed by atoms with Crippen molar-refractivity contribution in [2.45, 2.75) is 31.5 Å². The van der Waals surface area contributed by atoms with Crippen molar-refractivity contribution in [2.24, 2.45) is 0 Å². The Kier molecular flexibility index (Phi) is 8.07. The van der Waals surface area contributed by atoms with Gasteiger partial charge >= 0.3 is 17.9 Å². The third kappa shape index (κ3) is 5.75. The molecule has 0 amide bonds. The molecule has 10 heteroatoms. The number of carbonyl (C=O) groups is 3. The topological polar surface area (TPSA) is 123 Å². The summed E-state index contributed by atoms with van der Waals surface area (Å²) in [5.74, 6) is -2.11. The van der Waals surface area contributed by atoms with E-state index in [4.69, 9.17) is 23.5 Å². The first-order valence-electron chi connectivity index (χ1n) is 13.9. The van der Waals surface area contributed by atoms with Crippen LogP contribution < -0.4 is 5.56 Å². The molecule has 1 aliphatic rings. The summed E-state index contributed by atoms with van der Waals surface area (Å²) in [5, 5.41) is 0.290. The van der Waals surface area contributed by atoms with Gasteiger partial charge in [0.1, 0.15) is 12.7 Å². The van der Waals surface area contributed by atoms with Gasteiger partial charge in [0.2, 0.25) is 6.23 Å². The second kappa shape index (κ2) is 12.4. The lowest BCUT2D eigenvalue weighted by Crippen LogP contribution is -2.42. The maximum atomic E-state index is 13.5. The Labute approximate surface area is 251 Å². The van der Waals surface area contributed by atoms with Crippen LogP contribution in [0.25, 0.3) is 11.0 Å². The second-order valence-electron chi connectivity index (χ2n) is 10.2. The fourth-order valence-corrected chi connectivity index (χ4v) is 5.01. The first-order chi connectivity index (χ1) is 21.4. The predicted octanol–water partition coefficient (Wildman–Crippen LogP) is 5.11. The largest absolute Gasteiger partial charge is 0.459 e. The molecule has 0 radical (unpaired) electrons. The van der Waals surface area contributed by atoms with E-state index in [2.05, 4.69) is 0 Å². The molecule has 0 N–H and O–H groups in total. The van der Waals surface area contributed by atoms with Crippen molar-refractivity contribution >= 4 is 28.9 Å². The molecule has 44 heavy (non-hydrogen) atoms. The van der Waals surface area contributed by atoms with Crippen LogP contribution in [0.15, 0.2) is 119 Å². The van der Waals surface area contributed by atoms with E-state index in [9.17, 15) is 19.2 Å². The number of nitrogens with zero attached hydrogens (tertiary/aromatic N) is 1. The number of aromatic nitrogens is 1. The summed E-state index contributed by atoms with van der Waals surface area (Å²) < 4.78 is 30.5. The molecule has 0 spiro atoms. The third-order valence-corrected chi connectivity index (χ3v) is 7.24. The summed E-state index contributed by atoms with van der Waals surface area (Å²) in [6.45, 7) is 1.40. The zero-order chi connectivity index (χ0) is 30.6. The Morgan fingerprint density at radius 3 is 1.75 bits per heavy atom. The standard InChI is InChI=1S/C34H27NO9/c1-21-12-11-19-25-27(21)44-35(30(25)36)31-29(43-34(39)24-17-9-4-10-18-24)28(42-33(38)23-15-7-3-8-16-23)26(41-31)20-40-32(37)22-13-5-2-6-14-22/h2-19,26,28-29,31H,20H2,1H3/t26-,28-,29-,31-/m1/s1. The lowest BCUT2D eigenvalue weighted by molar-refractivity contribution is -0.0919. The molecule has 222 valence electrons. The van der Waals surface area contributed by atoms with E-state index in [0.29, 0.717) is 22.1 Å². The van der Waals surface area contributed by atoms with Crippen molar-refractivity contribution in [1.29, 1.82) is 0 Å². The summed E-state index contributed by atoms with van der Waals surface area (Å²) in [6.07, 6.45) is -5.18. The zero-order valence-electron chi connectivity index (χ0n) is 23.5. The molecule has 4 aromatic carbocycles. The summed E-state index contributed by atoms with van der Waals surface area (Å²) >= 11 is 0. The van der Waals surface area contributed by atoms with Gasteiger partial charge in [-0.25, -0.2) is 14.4 Å². The summed E-state index contributed by atoms with van der Waals surface area (Å²) in [7, 11) is 0. The molecule has 6 rings (SSSR count). The zero-order valence-corrected chi connectivity index (χ0v) is 23.5. The van der Waals surface area contributed by atoms with E-state index in [1.165, 1.54) is 0 Å². The van der Waals surface area contributed by atoms with Crippen molar-refractivity contribution in [1.82, 2.24) is 4.74 Å². The van der Waals surface area contributed by atoms with E-state index in [1.807, 2.05) is 0 Å². The van der Waals surface area contributed by atoms with Crippen LogP contribution in [0.1, 0.15) is 42.9 Å². The maximum Gasteiger partial charge on any atom is 0.338 e. The van der Waals surface area contributed by atoms with Crippen molar-refractivity contribution in [3.63, 3.8) is 0 Å². The molecule has 2 heterocycles. The highest BCUT2D eigenvalue weighted by Crippen LogP contribution is 2.36. The minimum absolute atomic E-state index is 0.228. The molecule has 1 aromatic heterocycles. The molecule has 0 unspecified atom stereocenters. The van der Waals surface area contributed by atoms with Gasteiger partial charge in [-0.1, -0.05) is 66.7 Å². The van der Waals surface area contributed by atoms with Crippen molar-refractivity contribution < 1.29 is 37.9 Å². The maximum absolute atomic E-state index is 13.5. The Balaban J connectivity index is 1.39. The number of para-hydroxylation sites is 1. The SMILES string of the molecule is Cc1cccc2c(=O)n([C@@H]3O[C@H](COC(=O)c4ccccc4)[C@@H](OC(=O)c4ccccc4)[C@H]3OC(=O)c3ccccc3)oc12. The molecule has 5 aromatic rings. The van der Waals surface area contributed by atoms with Gasteiger partial charge in [-0.2, -0.15) is 0 Å². The number of benzene rings is 4. The molecular weight excluding hydrogens is 566 g/mol. The average molecular weight is 594 g/mol. The first-order valence-corrected chi connectivity index (χ1v) is 13.9. The number of esters is 3. The first kappa shape index (κ1) is 28.6. The molecule has 1 saturated heterocycles. The molecule has 1 fully saturated rings. The smallest absolute Gasteiger partial charge is 0.338 e. The second-order valence-corrected chi connectivity index (χ2v) is 10.2. The van der Waals surface area contributed by atoms with E-state index in [0.717, 1.165) is 4.74 Å². The lowest BCUT2D eigenvalue weighted by atomic mass is 10.1. The van der Waals surface area contributed by atoms with Crippen LogP contribution in [0.3, 0.4) is 0 Å². The van der Waals surface area contributed by atoms with Crippen LogP contribution in [0, 0.1) is 6.92 Å². The highest BCUT2D eigenvalue weighted by atomic mass is 16.7. The fraction of sp³-hybridized carbons (Fsp3) is 0.176. The monoisotopic (exact) mass is 593 g/mol. The number of rotatable bonds is 8. The van der Waals surface area contributed by atoms with Gasteiger partial charge in [-0.15, -0.1) is 4.74 Å². The highest BCUT2D eigenvalue weighted by Gasteiger charge is 2.53. The van der Waals surface area contributed by atoms with Gasteiger partial charge in [0.15, 0.2) is 17.8 Å². The molecule has 0 aliphatic carbocycles. The molecule has 0 bridgehead atoms. The van der Waals surface area contributed by atoms with Gasteiger partial charge in [-0.05, 0) is 55.0 Å². The van der Waals surface area contributed by atoms with Gasteiger partial charge < -0.3 is 23.5 Å².